The number of halogens is 3. The predicted molar refractivity (Wildman–Crippen MR) is 80.9 cm³/mol. The fraction of sp³-hybridized carbons (Fsp3) is 0.200. The largest absolute Gasteiger partial charge is 0.492 e. The topological polar surface area (TPSA) is 35.2 Å². The molecule has 0 saturated heterocycles. The summed E-state index contributed by atoms with van der Waals surface area (Å²) < 4.78 is 19.3. The van der Waals surface area contributed by atoms with E-state index >= 15 is 0 Å². The molecule has 0 aliphatic heterocycles. The number of nitrogens with two attached hydrogens (primary N) is 1. The molecule has 0 spiro atoms. The summed E-state index contributed by atoms with van der Waals surface area (Å²) in [6.07, 6.45) is 0. The van der Waals surface area contributed by atoms with Crippen LogP contribution in [0.5, 0.6) is 5.75 Å². The summed E-state index contributed by atoms with van der Waals surface area (Å²) in [7, 11) is 0. The maximum atomic E-state index is 14.0. The number of hydrogen-bond acceptors (Lipinski definition) is 2. The molecule has 2 nitrogen and oxygen atoms in total. The van der Waals surface area contributed by atoms with E-state index in [-0.39, 0.29) is 5.82 Å². The van der Waals surface area contributed by atoms with Gasteiger partial charge in [0.25, 0.3) is 0 Å². The first kappa shape index (κ1) is 15.1. The summed E-state index contributed by atoms with van der Waals surface area (Å²) >= 11 is 12.3. The summed E-state index contributed by atoms with van der Waals surface area (Å²) in [4.78, 5) is 0. The molecule has 0 aromatic heterocycles. The van der Waals surface area contributed by atoms with E-state index in [1.54, 1.807) is 24.3 Å². The van der Waals surface area contributed by atoms with Gasteiger partial charge in [0.05, 0.1) is 16.7 Å². The van der Waals surface area contributed by atoms with Crippen molar-refractivity contribution in [3.05, 3.63) is 51.8 Å². The van der Waals surface area contributed by atoms with Crippen LogP contribution in [0.3, 0.4) is 0 Å². The van der Waals surface area contributed by atoms with Crippen LogP contribution in [-0.4, -0.2) is 6.61 Å². The second-order valence-electron chi connectivity index (χ2n) is 4.21. The third-order valence-electron chi connectivity index (χ3n) is 2.88. The van der Waals surface area contributed by atoms with Crippen LogP contribution in [0.15, 0.2) is 30.3 Å². The Morgan fingerprint density at radius 3 is 2.50 bits per heavy atom. The van der Waals surface area contributed by atoms with E-state index in [0.29, 0.717) is 40.1 Å². The Balaban J connectivity index is 2.55. The van der Waals surface area contributed by atoms with Gasteiger partial charge < -0.3 is 10.5 Å². The molecule has 5 heteroatoms. The molecule has 2 N–H and O–H groups in total. The molecule has 0 saturated carbocycles. The normalized spacial score (nSPS) is 10.7. The van der Waals surface area contributed by atoms with Crippen molar-refractivity contribution in [3.8, 4) is 16.9 Å². The summed E-state index contributed by atoms with van der Waals surface area (Å²) in [6, 6.07) is 7.89. The Morgan fingerprint density at radius 1 is 1.10 bits per heavy atom. The molecule has 0 bridgehead atoms. The van der Waals surface area contributed by atoms with E-state index in [0.717, 1.165) is 5.56 Å². The lowest BCUT2D eigenvalue weighted by Crippen LogP contribution is -1.98. The first-order chi connectivity index (χ1) is 9.56. The monoisotopic (exact) mass is 313 g/mol. The highest BCUT2D eigenvalue weighted by molar-refractivity contribution is 6.36. The Hall–Kier alpha value is -1.29. The zero-order valence-corrected chi connectivity index (χ0v) is 12.4. The minimum Gasteiger partial charge on any atom is -0.492 e. The van der Waals surface area contributed by atoms with Crippen LogP contribution < -0.4 is 10.5 Å². The molecule has 0 fully saturated rings. The van der Waals surface area contributed by atoms with Gasteiger partial charge in [0.2, 0.25) is 0 Å². The van der Waals surface area contributed by atoms with Crippen molar-refractivity contribution in [2.24, 2.45) is 5.73 Å². The molecule has 2 aromatic carbocycles. The van der Waals surface area contributed by atoms with Crippen molar-refractivity contribution in [2.45, 2.75) is 13.5 Å². The van der Waals surface area contributed by atoms with E-state index < -0.39 is 0 Å². The van der Waals surface area contributed by atoms with Gasteiger partial charge in [0, 0.05) is 23.7 Å². The smallest absolute Gasteiger partial charge is 0.139 e. The molecule has 0 aliphatic carbocycles. The highest BCUT2D eigenvalue weighted by atomic mass is 35.5. The molecule has 0 atom stereocenters. The summed E-state index contributed by atoms with van der Waals surface area (Å²) in [6.45, 7) is 2.66. The van der Waals surface area contributed by atoms with Gasteiger partial charge in [-0.05, 0) is 30.7 Å². The third-order valence-corrected chi connectivity index (χ3v) is 3.49. The SMILES string of the molecule is CCOc1cc(Cl)c(-c2cc(CN)ccc2F)cc1Cl. The maximum Gasteiger partial charge on any atom is 0.139 e. The van der Waals surface area contributed by atoms with Crippen molar-refractivity contribution >= 4 is 23.2 Å². The van der Waals surface area contributed by atoms with Crippen LogP contribution in [0.4, 0.5) is 4.39 Å². The van der Waals surface area contributed by atoms with Crippen molar-refractivity contribution in [1.82, 2.24) is 0 Å². The molecule has 0 aliphatic rings. The Kier molecular flexibility index (Phi) is 4.86. The maximum absolute atomic E-state index is 14.0. The second kappa shape index (κ2) is 6.44. The quantitative estimate of drug-likeness (QED) is 0.891. The van der Waals surface area contributed by atoms with Gasteiger partial charge in [0.1, 0.15) is 11.6 Å². The average Bonchev–Trinajstić information content (AvgIpc) is 2.43. The van der Waals surface area contributed by atoms with E-state index in [1.165, 1.54) is 6.07 Å². The molecule has 0 amide bonds. The lowest BCUT2D eigenvalue weighted by Gasteiger charge is -2.12. The van der Waals surface area contributed by atoms with Gasteiger partial charge in [-0.25, -0.2) is 4.39 Å². The Morgan fingerprint density at radius 2 is 1.85 bits per heavy atom. The Labute approximate surface area is 127 Å². The van der Waals surface area contributed by atoms with Crippen LogP contribution in [0, 0.1) is 5.82 Å². The molecule has 0 unspecified atom stereocenters. The zero-order valence-electron chi connectivity index (χ0n) is 10.9. The fourth-order valence-corrected chi connectivity index (χ4v) is 2.38. The lowest BCUT2D eigenvalue weighted by atomic mass is 10.0. The van der Waals surface area contributed by atoms with Crippen molar-refractivity contribution in [1.29, 1.82) is 0 Å². The highest BCUT2D eigenvalue weighted by Gasteiger charge is 2.13. The second-order valence-corrected chi connectivity index (χ2v) is 5.03. The minimum atomic E-state index is -0.371. The van der Waals surface area contributed by atoms with E-state index in [1.807, 2.05) is 6.92 Å². The standard InChI is InChI=1S/C15H14Cl2FNO/c1-2-20-15-7-12(16)10(6-13(15)17)11-5-9(8-19)3-4-14(11)18/h3-7H,2,8,19H2,1H3. The molecule has 0 heterocycles. The van der Waals surface area contributed by atoms with Gasteiger partial charge in [-0.1, -0.05) is 29.3 Å². The van der Waals surface area contributed by atoms with Crippen LogP contribution in [-0.2, 0) is 6.54 Å². The van der Waals surface area contributed by atoms with Crippen molar-refractivity contribution in [2.75, 3.05) is 6.61 Å². The molecular formula is C15H14Cl2FNO. The highest BCUT2D eigenvalue weighted by Crippen LogP contribution is 2.38. The van der Waals surface area contributed by atoms with Crippen LogP contribution >= 0.6 is 23.2 Å². The summed E-state index contributed by atoms with van der Waals surface area (Å²) in [5, 5.41) is 0.773. The Bertz CT molecular complexity index is 632. The van der Waals surface area contributed by atoms with E-state index in [4.69, 9.17) is 33.7 Å². The predicted octanol–water partition coefficient (Wildman–Crippen LogP) is 4.66. The summed E-state index contributed by atoms with van der Waals surface area (Å²) in [5.41, 5.74) is 7.30. The van der Waals surface area contributed by atoms with Gasteiger partial charge in [-0.2, -0.15) is 0 Å². The molecule has 0 radical (unpaired) electrons. The van der Waals surface area contributed by atoms with E-state index in [9.17, 15) is 4.39 Å². The van der Waals surface area contributed by atoms with E-state index in [2.05, 4.69) is 0 Å². The van der Waals surface area contributed by atoms with Crippen LogP contribution in [0.25, 0.3) is 11.1 Å². The molecule has 2 rings (SSSR count). The first-order valence-corrected chi connectivity index (χ1v) is 6.93. The fourth-order valence-electron chi connectivity index (χ4n) is 1.91. The summed E-state index contributed by atoms with van der Waals surface area (Å²) in [5.74, 6) is 0.114. The third kappa shape index (κ3) is 3.06. The van der Waals surface area contributed by atoms with Gasteiger partial charge in [-0.15, -0.1) is 0 Å². The van der Waals surface area contributed by atoms with Crippen molar-refractivity contribution < 1.29 is 9.13 Å². The molecule has 106 valence electrons. The molecule has 2 aromatic rings. The van der Waals surface area contributed by atoms with Crippen molar-refractivity contribution in [3.63, 3.8) is 0 Å². The van der Waals surface area contributed by atoms with Gasteiger partial charge in [-0.3, -0.25) is 0 Å². The van der Waals surface area contributed by atoms with Crippen LogP contribution in [0.2, 0.25) is 10.0 Å². The van der Waals surface area contributed by atoms with Crippen LogP contribution in [0.1, 0.15) is 12.5 Å². The average molecular weight is 314 g/mol. The number of hydrogen-bond donors (Lipinski definition) is 1. The van der Waals surface area contributed by atoms with Gasteiger partial charge >= 0.3 is 0 Å². The number of rotatable bonds is 4. The minimum absolute atomic E-state index is 0.329. The molecule has 20 heavy (non-hydrogen) atoms. The molecular weight excluding hydrogens is 300 g/mol. The number of ether oxygens (including phenoxy) is 1. The zero-order chi connectivity index (χ0) is 14.7. The number of benzene rings is 2. The lowest BCUT2D eigenvalue weighted by molar-refractivity contribution is 0.340. The first-order valence-electron chi connectivity index (χ1n) is 6.17. The van der Waals surface area contributed by atoms with Gasteiger partial charge in [0.15, 0.2) is 0 Å².